The van der Waals surface area contributed by atoms with Crippen molar-refractivity contribution < 1.29 is 0 Å². The molecule has 1 aromatic rings. The van der Waals surface area contributed by atoms with Crippen LogP contribution in [0.3, 0.4) is 0 Å². The van der Waals surface area contributed by atoms with E-state index in [-0.39, 0.29) is 5.41 Å². The number of unbranched alkanes of at least 4 members (excludes halogenated alkanes) is 7. The van der Waals surface area contributed by atoms with Gasteiger partial charge in [-0.2, -0.15) is 5.26 Å². The Bertz CT molecular complexity index is 514. The maximum atomic E-state index is 9.08. The van der Waals surface area contributed by atoms with Gasteiger partial charge in [-0.1, -0.05) is 88.3 Å². The Morgan fingerprint density at radius 2 is 1.57 bits per heavy atom. The Morgan fingerprint density at radius 1 is 0.957 bits per heavy atom. The van der Waals surface area contributed by atoms with E-state index in [0.717, 1.165) is 12.8 Å². The van der Waals surface area contributed by atoms with Gasteiger partial charge in [-0.3, -0.25) is 0 Å². The van der Waals surface area contributed by atoms with E-state index in [9.17, 15) is 0 Å². The zero-order valence-corrected chi connectivity index (χ0v) is 14.7. The first-order valence-corrected chi connectivity index (χ1v) is 9.47. The van der Waals surface area contributed by atoms with Crippen LogP contribution in [-0.2, 0) is 6.42 Å². The van der Waals surface area contributed by atoms with Crippen molar-refractivity contribution in [2.75, 3.05) is 0 Å². The van der Waals surface area contributed by atoms with E-state index >= 15 is 0 Å². The van der Waals surface area contributed by atoms with Crippen molar-refractivity contribution in [1.82, 2.24) is 0 Å². The zero-order chi connectivity index (χ0) is 16.4. The van der Waals surface area contributed by atoms with Crippen molar-refractivity contribution in [2.24, 2.45) is 5.41 Å². The minimum atomic E-state index is -0.143. The molecule has 0 heterocycles. The number of nitriles is 1. The van der Waals surface area contributed by atoms with Gasteiger partial charge in [0.05, 0.1) is 11.5 Å². The molecule has 1 saturated carbocycles. The third kappa shape index (κ3) is 6.61. The second-order valence-electron chi connectivity index (χ2n) is 7.07. The molecule has 0 radical (unpaired) electrons. The van der Waals surface area contributed by atoms with Gasteiger partial charge in [-0.25, -0.2) is 0 Å². The van der Waals surface area contributed by atoms with Gasteiger partial charge >= 0.3 is 0 Å². The highest BCUT2D eigenvalue weighted by Crippen LogP contribution is 2.46. The molecule has 124 valence electrons. The number of benzene rings is 1. The molecule has 0 unspecified atom stereocenters. The third-order valence-electron chi connectivity index (χ3n) is 4.90. The summed E-state index contributed by atoms with van der Waals surface area (Å²) in [6, 6.07) is 11.3. The van der Waals surface area contributed by atoms with Gasteiger partial charge in [0.15, 0.2) is 0 Å². The molecule has 0 aliphatic heterocycles. The molecule has 0 N–H and O–H groups in total. The highest BCUT2D eigenvalue weighted by Gasteiger charge is 2.40. The van der Waals surface area contributed by atoms with Crippen LogP contribution >= 0.6 is 0 Å². The summed E-state index contributed by atoms with van der Waals surface area (Å²) in [6.07, 6.45) is 18.5. The Morgan fingerprint density at radius 3 is 2.13 bits per heavy atom. The molecule has 0 saturated heterocycles. The molecule has 1 aromatic carbocycles. The first-order chi connectivity index (χ1) is 11.3. The molecule has 1 aliphatic carbocycles. The van der Waals surface area contributed by atoms with E-state index in [1.165, 1.54) is 68.9 Å². The van der Waals surface area contributed by atoms with Gasteiger partial charge in [0, 0.05) is 0 Å². The lowest BCUT2D eigenvalue weighted by Gasteiger charge is -2.03. The van der Waals surface area contributed by atoms with E-state index in [1.807, 2.05) is 0 Å². The van der Waals surface area contributed by atoms with Crippen molar-refractivity contribution in [1.29, 1.82) is 5.26 Å². The summed E-state index contributed by atoms with van der Waals surface area (Å²) >= 11 is 0. The Balaban J connectivity index is 1.61. The second-order valence-corrected chi connectivity index (χ2v) is 7.07. The summed E-state index contributed by atoms with van der Waals surface area (Å²) in [6.45, 7) is 2.27. The summed E-state index contributed by atoms with van der Waals surface area (Å²) < 4.78 is 0. The summed E-state index contributed by atoms with van der Waals surface area (Å²) in [5.41, 5.74) is 2.51. The largest absolute Gasteiger partial charge is 0.197 e. The Hall–Kier alpha value is -1.55. The van der Waals surface area contributed by atoms with E-state index in [4.69, 9.17) is 5.26 Å². The van der Waals surface area contributed by atoms with Crippen LogP contribution in [0.4, 0.5) is 0 Å². The molecule has 1 heteroatoms. The standard InChI is InChI=1S/C22H31N/c1-2-3-4-5-6-7-8-9-10-20-11-13-21(14-12-20)15-16-22(19-23)17-18-22/h11-16H,2-10,17-18H2,1H3/b16-15+. The average molecular weight is 309 g/mol. The third-order valence-corrected chi connectivity index (χ3v) is 4.90. The summed E-state index contributed by atoms with van der Waals surface area (Å²) in [4.78, 5) is 0. The summed E-state index contributed by atoms with van der Waals surface area (Å²) in [7, 11) is 0. The first-order valence-electron chi connectivity index (χ1n) is 9.47. The summed E-state index contributed by atoms with van der Waals surface area (Å²) in [5, 5.41) is 9.08. The SMILES string of the molecule is CCCCCCCCCCc1ccc(/C=C/C2(C#N)CC2)cc1. The fourth-order valence-corrected chi connectivity index (χ4v) is 2.96. The van der Waals surface area contributed by atoms with E-state index < -0.39 is 0 Å². The number of allylic oxidation sites excluding steroid dienone is 1. The second kappa shape index (κ2) is 9.56. The van der Waals surface area contributed by atoms with Crippen LogP contribution < -0.4 is 0 Å². The normalized spacial score (nSPS) is 15.7. The van der Waals surface area contributed by atoms with E-state index in [0.29, 0.717) is 0 Å². The predicted molar refractivity (Wildman–Crippen MR) is 99.1 cm³/mol. The van der Waals surface area contributed by atoms with Crippen LogP contribution in [0.25, 0.3) is 6.08 Å². The van der Waals surface area contributed by atoms with Gasteiger partial charge in [0.1, 0.15) is 0 Å². The minimum absolute atomic E-state index is 0.143. The average Bonchev–Trinajstić information content (AvgIpc) is 3.37. The van der Waals surface area contributed by atoms with Crippen LogP contribution in [0, 0.1) is 16.7 Å². The fraction of sp³-hybridized carbons (Fsp3) is 0.591. The lowest BCUT2D eigenvalue weighted by molar-refractivity contribution is 0.575. The molecule has 0 aromatic heterocycles. The Kier molecular flexibility index (Phi) is 7.40. The topological polar surface area (TPSA) is 23.8 Å². The molecule has 1 aliphatic rings. The maximum absolute atomic E-state index is 9.08. The van der Waals surface area contributed by atoms with E-state index in [1.54, 1.807) is 0 Å². The number of rotatable bonds is 11. The molecular weight excluding hydrogens is 278 g/mol. The van der Waals surface area contributed by atoms with E-state index in [2.05, 4.69) is 49.4 Å². The molecule has 2 rings (SSSR count). The van der Waals surface area contributed by atoms with Crippen LogP contribution in [0.2, 0.25) is 0 Å². The van der Waals surface area contributed by atoms with Crippen LogP contribution in [0.5, 0.6) is 0 Å². The molecular formula is C22H31N. The maximum Gasteiger partial charge on any atom is 0.0758 e. The molecule has 0 atom stereocenters. The van der Waals surface area contributed by atoms with Crippen molar-refractivity contribution in [3.05, 3.63) is 41.5 Å². The first kappa shape index (κ1) is 17.8. The number of aryl methyl sites for hydroxylation is 1. The van der Waals surface area contributed by atoms with Gasteiger partial charge < -0.3 is 0 Å². The number of nitrogens with zero attached hydrogens (tertiary/aromatic N) is 1. The smallest absolute Gasteiger partial charge is 0.0758 e. The van der Waals surface area contributed by atoms with Crippen LogP contribution in [0.15, 0.2) is 30.3 Å². The fourth-order valence-electron chi connectivity index (χ4n) is 2.96. The molecule has 1 fully saturated rings. The van der Waals surface area contributed by atoms with Crippen LogP contribution in [-0.4, -0.2) is 0 Å². The van der Waals surface area contributed by atoms with Crippen molar-refractivity contribution in [2.45, 2.75) is 77.6 Å². The molecule has 23 heavy (non-hydrogen) atoms. The van der Waals surface area contributed by atoms with Crippen molar-refractivity contribution in [3.8, 4) is 6.07 Å². The van der Waals surface area contributed by atoms with Crippen molar-refractivity contribution >= 4 is 6.08 Å². The number of hydrogen-bond acceptors (Lipinski definition) is 1. The molecule has 0 bridgehead atoms. The van der Waals surface area contributed by atoms with Gasteiger partial charge in [-0.05, 0) is 36.8 Å². The van der Waals surface area contributed by atoms with Gasteiger partial charge in [0.25, 0.3) is 0 Å². The van der Waals surface area contributed by atoms with Gasteiger partial charge in [-0.15, -0.1) is 0 Å². The van der Waals surface area contributed by atoms with Gasteiger partial charge in [0.2, 0.25) is 0 Å². The molecule has 0 amide bonds. The lowest BCUT2D eigenvalue weighted by atomic mass is 10.0. The molecule has 1 nitrogen and oxygen atoms in total. The lowest BCUT2D eigenvalue weighted by Crippen LogP contribution is -1.89. The summed E-state index contributed by atoms with van der Waals surface area (Å²) in [5.74, 6) is 0. The van der Waals surface area contributed by atoms with Crippen molar-refractivity contribution in [3.63, 3.8) is 0 Å². The predicted octanol–water partition coefficient (Wildman–Crippen LogP) is 6.69. The highest BCUT2D eigenvalue weighted by atomic mass is 14.5. The minimum Gasteiger partial charge on any atom is -0.197 e. The quantitative estimate of drug-likeness (QED) is 0.418. The Labute approximate surface area is 142 Å². The van der Waals surface area contributed by atoms with Crippen LogP contribution in [0.1, 0.15) is 82.3 Å². The monoisotopic (exact) mass is 309 g/mol. The molecule has 0 spiro atoms. The number of hydrogen-bond donors (Lipinski definition) is 0. The zero-order valence-electron chi connectivity index (χ0n) is 14.7. The highest BCUT2D eigenvalue weighted by molar-refractivity contribution is 5.52.